The van der Waals surface area contributed by atoms with Crippen molar-refractivity contribution in [2.24, 2.45) is 11.8 Å². The minimum absolute atomic E-state index is 0.0912. The van der Waals surface area contributed by atoms with Crippen LogP contribution in [0.15, 0.2) is 57.3 Å². The average Bonchev–Trinajstić information content (AvgIpc) is 2.58. The smallest absolute Gasteiger partial charge is 0.127 e. The van der Waals surface area contributed by atoms with Crippen molar-refractivity contribution in [3.63, 3.8) is 0 Å². The molecule has 28 heavy (non-hydrogen) atoms. The molecule has 0 saturated heterocycles. The third-order valence-corrected chi connectivity index (χ3v) is 6.83. The zero-order valence-electron chi connectivity index (χ0n) is 14.1. The molecule has 144 valence electrons. The van der Waals surface area contributed by atoms with Gasteiger partial charge in [0.1, 0.15) is 34.5 Å². The van der Waals surface area contributed by atoms with Crippen LogP contribution in [0.5, 0.6) is 17.2 Å². The highest BCUT2D eigenvalue weighted by Crippen LogP contribution is 2.52. The Morgan fingerprint density at radius 2 is 1.54 bits per heavy atom. The molecule has 0 bridgehead atoms. The number of aliphatic hydroxyl groups excluding tert-OH is 3. The molecule has 6 nitrogen and oxygen atoms in total. The van der Waals surface area contributed by atoms with Gasteiger partial charge in [-0.25, -0.2) is 0 Å². The summed E-state index contributed by atoms with van der Waals surface area (Å²) in [5.41, 5.74) is 0.387. The first-order valence-corrected chi connectivity index (χ1v) is 10.3. The maximum atomic E-state index is 10.7. The Kier molecular flexibility index (Phi) is 4.65. The maximum absolute atomic E-state index is 10.7. The number of allylic oxidation sites excluding steroid dienone is 5. The lowest BCUT2D eigenvalue weighted by Gasteiger charge is -2.33. The molecule has 0 aliphatic heterocycles. The summed E-state index contributed by atoms with van der Waals surface area (Å²) >= 11 is 4.01. The predicted molar refractivity (Wildman–Crippen MR) is 122 cm³/mol. The molecule has 0 radical (unpaired) electrons. The SMILES string of the molecule is OC1=CC2C(I)=CC(O)=C(c3c(O)cc(I)c4cc(O)cc(O)c34)C2C(O)=C1. The van der Waals surface area contributed by atoms with Gasteiger partial charge >= 0.3 is 0 Å². The number of aliphatic hydroxyl groups is 3. The Bertz CT molecular complexity index is 1160. The van der Waals surface area contributed by atoms with E-state index in [-0.39, 0.29) is 51.0 Å². The fourth-order valence-electron chi connectivity index (χ4n) is 3.80. The number of rotatable bonds is 1. The van der Waals surface area contributed by atoms with Crippen LogP contribution in [0.25, 0.3) is 16.3 Å². The number of phenols is 3. The summed E-state index contributed by atoms with van der Waals surface area (Å²) in [6.07, 6.45) is 4.26. The number of hydrogen-bond donors (Lipinski definition) is 6. The predicted octanol–water partition coefficient (Wildman–Crippen LogP) is 5.29. The van der Waals surface area contributed by atoms with Gasteiger partial charge in [-0.2, -0.15) is 0 Å². The standard InChI is InChI=1S/C20H14I2O6/c21-11-5-15(27)19(17-9(11)1-7(23)3-13(17)25)20-16(28)6-12(22)10-2-8(24)4-14(26)18(10)20/h1-6,9,17,23-28H. The van der Waals surface area contributed by atoms with Crippen molar-refractivity contribution in [1.82, 2.24) is 0 Å². The lowest BCUT2D eigenvalue weighted by Crippen LogP contribution is -2.25. The number of aromatic hydroxyl groups is 3. The minimum atomic E-state index is -0.754. The zero-order chi connectivity index (χ0) is 20.3. The van der Waals surface area contributed by atoms with Crippen LogP contribution in [0.2, 0.25) is 0 Å². The van der Waals surface area contributed by atoms with E-state index in [0.717, 1.165) is 6.07 Å². The van der Waals surface area contributed by atoms with Crippen molar-refractivity contribution in [2.45, 2.75) is 0 Å². The van der Waals surface area contributed by atoms with E-state index in [1.165, 1.54) is 24.3 Å². The largest absolute Gasteiger partial charge is 0.511 e. The van der Waals surface area contributed by atoms with Gasteiger partial charge in [0.25, 0.3) is 0 Å². The number of benzene rings is 2. The lowest BCUT2D eigenvalue weighted by atomic mass is 9.74. The highest BCUT2D eigenvalue weighted by Gasteiger charge is 2.39. The summed E-state index contributed by atoms with van der Waals surface area (Å²) in [4.78, 5) is 0. The molecule has 0 heterocycles. The topological polar surface area (TPSA) is 121 Å². The van der Waals surface area contributed by atoms with Crippen molar-refractivity contribution >= 4 is 61.5 Å². The quantitative estimate of drug-likeness (QED) is 0.246. The van der Waals surface area contributed by atoms with E-state index >= 15 is 0 Å². The van der Waals surface area contributed by atoms with Gasteiger partial charge in [-0.05, 0) is 69.5 Å². The average molecular weight is 604 g/mol. The van der Waals surface area contributed by atoms with Gasteiger partial charge in [-0.15, -0.1) is 0 Å². The van der Waals surface area contributed by atoms with E-state index in [2.05, 4.69) is 0 Å². The molecule has 0 saturated carbocycles. The Balaban J connectivity index is 2.10. The van der Waals surface area contributed by atoms with E-state index in [4.69, 9.17) is 0 Å². The summed E-state index contributed by atoms with van der Waals surface area (Å²) < 4.78 is 1.30. The zero-order valence-corrected chi connectivity index (χ0v) is 18.4. The molecular formula is C20H14I2O6. The molecule has 8 heteroatoms. The number of fused-ring (bicyclic) bond motifs is 2. The number of phenolic OH excluding ortho intramolecular Hbond substituents is 3. The van der Waals surface area contributed by atoms with E-state index in [0.29, 0.717) is 12.5 Å². The fraction of sp³-hybridized carbons (Fsp3) is 0.100. The first kappa shape index (κ1) is 19.2. The summed E-state index contributed by atoms with van der Waals surface area (Å²) in [6, 6.07) is 4.08. The first-order valence-electron chi connectivity index (χ1n) is 8.18. The van der Waals surface area contributed by atoms with Crippen LogP contribution in [-0.4, -0.2) is 30.6 Å². The van der Waals surface area contributed by atoms with Crippen molar-refractivity contribution in [1.29, 1.82) is 0 Å². The molecule has 2 aromatic carbocycles. The highest BCUT2D eigenvalue weighted by molar-refractivity contribution is 14.1. The highest BCUT2D eigenvalue weighted by atomic mass is 127. The number of hydrogen-bond acceptors (Lipinski definition) is 6. The van der Waals surface area contributed by atoms with Crippen molar-refractivity contribution in [3.05, 3.63) is 66.4 Å². The molecular weight excluding hydrogens is 590 g/mol. The molecule has 0 spiro atoms. The molecule has 4 rings (SSSR count). The van der Waals surface area contributed by atoms with Crippen molar-refractivity contribution in [3.8, 4) is 17.2 Å². The normalized spacial score (nSPS) is 21.9. The van der Waals surface area contributed by atoms with Gasteiger partial charge in [0.05, 0.1) is 5.92 Å². The summed E-state index contributed by atoms with van der Waals surface area (Å²) in [7, 11) is 0. The third kappa shape index (κ3) is 2.89. The second-order valence-corrected chi connectivity index (χ2v) is 9.04. The molecule has 0 aromatic heterocycles. The second-order valence-electron chi connectivity index (χ2n) is 6.63. The fourth-order valence-corrected chi connectivity index (χ4v) is 5.36. The molecule has 2 aromatic rings. The molecule has 0 amide bonds. The second kappa shape index (κ2) is 6.76. The van der Waals surface area contributed by atoms with Gasteiger partial charge in [-0.1, -0.05) is 0 Å². The Morgan fingerprint density at radius 3 is 2.25 bits per heavy atom. The van der Waals surface area contributed by atoms with Crippen LogP contribution >= 0.6 is 45.2 Å². The monoisotopic (exact) mass is 604 g/mol. The molecule has 6 N–H and O–H groups in total. The molecule has 0 fully saturated rings. The summed E-state index contributed by atoms with van der Waals surface area (Å²) in [6.45, 7) is 0. The van der Waals surface area contributed by atoms with E-state index < -0.39 is 11.8 Å². The lowest BCUT2D eigenvalue weighted by molar-refractivity contribution is 0.311. The maximum Gasteiger partial charge on any atom is 0.127 e. The molecule has 2 aliphatic rings. The number of halogens is 2. The van der Waals surface area contributed by atoms with Crippen LogP contribution in [-0.2, 0) is 0 Å². The van der Waals surface area contributed by atoms with Crippen LogP contribution in [0.3, 0.4) is 0 Å². The van der Waals surface area contributed by atoms with Gasteiger partial charge < -0.3 is 30.6 Å². The van der Waals surface area contributed by atoms with Crippen LogP contribution in [0, 0.1) is 15.4 Å². The Labute approximate surface area is 186 Å². The van der Waals surface area contributed by atoms with E-state index in [1.54, 1.807) is 6.08 Å². The first-order chi connectivity index (χ1) is 13.2. The summed E-state index contributed by atoms with van der Waals surface area (Å²) in [5.74, 6) is -2.20. The van der Waals surface area contributed by atoms with E-state index in [1.807, 2.05) is 45.2 Å². The Hall–Kier alpha value is -2.08. The molecule has 2 unspecified atom stereocenters. The van der Waals surface area contributed by atoms with Crippen LogP contribution in [0.1, 0.15) is 5.56 Å². The van der Waals surface area contributed by atoms with Crippen LogP contribution < -0.4 is 0 Å². The van der Waals surface area contributed by atoms with Crippen molar-refractivity contribution < 1.29 is 30.6 Å². The van der Waals surface area contributed by atoms with Gasteiger partial charge in [0.2, 0.25) is 0 Å². The molecule has 2 atom stereocenters. The Morgan fingerprint density at radius 1 is 0.821 bits per heavy atom. The third-order valence-electron chi connectivity index (χ3n) is 4.90. The van der Waals surface area contributed by atoms with E-state index in [9.17, 15) is 30.6 Å². The van der Waals surface area contributed by atoms with Crippen LogP contribution in [0.4, 0.5) is 0 Å². The van der Waals surface area contributed by atoms with Crippen molar-refractivity contribution in [2.75, 3.05) is 0 Å². The minimum Gasteiger partial charge on any atom is -0.511 e. The van der Waals surface area contributed by atoms with Gasteiger partial charge in [0, 0.05) is 47.1 Å². The van der Waals surface area contributed by atoms with Gasteiger partial charge in [0.15, 0.2) is 0 Å². The van der Waals surface area contributed by atoms with Gasteiger partial charge in [-0.3, -0.25) is 0 Å². The summed E-state index contributed by atoms with van der Waals surface area (Å²) in [5, 5.41) is 63.1. The molecule has 2 aliphatic carbocycles.